The Morgan fingerprint density at radius 3 is 2.53 bits per heavy atom. The van der Waals surface area contributed by atoms with Crippen LogP contribution in [-0.2, 0) is 0 Å². The Labute approximate surface area is 98.0 Å². The molecule has 0 aliphatic rings. The zero-order valence-corrected chi connectivity index (χ0v) is 8.99. The highest BCUT2D eigenvalue weighted by molar-refractivity contribution is 5.49. The molecule has 0 atom stereocenters. The number of rotatable bonds is 3. The van der Waals surface area contributed by atoms with Gasteiger partial charge in [-0.05, 0) is 29.8 Å². The van der Waals surface area contributed by atoms with Crippen molar-refractivity contribution in [3.8, 4) is 11.5 Å². The average Bonchev–Trinajstić information content (AvgIpc) is 2.32. The van der Waals surface area contributed by atoms with Crippen LogP contribution in [0.25, 0.3) is 6.08 Å². The van der Waals surface area contributed by atoms with Gasteiger partial charge >= 0.3 is 0 Å². The normalized spacial score (nSPS) is 10.0. The summed E-state index contributed by atoms with van der Waals surface area (Å²) in [5.41, 5.74) is 0.661. The fraction of sp³-hybridized carbons (Fsp3) is 0. The number of hydrogen-bond donors (Lipinski definition) is 0. The van der Waals surface area contributed by atoms with Crippen LogP contribution in [-0.4, -0.2) is 0 Å². The highest BCUT2D eigenvalue weighted by Gasteiger charge is 2.05. The third-order valence-electron chi connectivity index (χ3n) is 2.22. The zero-order valence-electron chi connectivity index (χ0n) is 8.99. The summed E-state index contributed by atoms with van der Waals surface area (Å²) >= 11 is 0. The summed E-state index contributed by atoms with van der Waals surface area (Å²) in [5, 5.41) is 0. The second-order valence-electron chi connectivity index (χ2n) is 3.45. The SMILES string of the molecule is C=Cc1ccc(Oc2cccc(F)c2)c(F)c1. The van der Waals surface area contributed by atoms with Gasteiger partial charge in [-0.3, -0.25) is 0 Å². The van der Waals surface area contributed by atoms with Crippen molar-refractivity contribution in [2.24, 2.45) is 0 Å². The van der Waals surface area contributed by atoms with Gasteiger partial charge in [-0.2, -0.15) is 0 Å². The topological polar surface area (TPSA) is 9.23 Å². The summed E-state index contributed by atoms with van der Waals surface area (Å²) in [7, 11) is 0. The van der Waals surface area contributed by atoms with Gasteiger partial charge in [0.15, 0.2) is 11.6 Å². The number of benzene rings is 2. The van der Waals surface area contributed by atoms with E-state index in [0.29, 0.717) is 5.56 Å². The quantitative estimate of drug-likeness (QED) is 0.762. The maximum absolute atomic E-state index is 13.6. The van der Waals surface area contributed by atoms with E-state index in [2.05, 4.69) is 6.58 Å². The molecule has 0 spiro atoms. The van der Waals surface area contributed by atoms with E-state index in [1.54, 1.807) is 12.1 Å². The number of halogens is 2. The highest BCUT2D eigenvalue weighted by atomic mass is 19.1. The van der Waals surface area contributed by atoms with Gasteiger partial charge in [-0.25, -0.2) is 8.78 Å². The van der Waals surface area contributed by atoms with Crippen molar-refractivity contribution in [1.82, 2.24) is 0 Å². The maximum Gasteiger partial charge on any atom is 0.166 e. The molecular formula is C14H10F2O. The Morgan fingerprint density at radius 2 is 1.88 bits per heavy atom. The fourth-order valence-corrected chi connectivity index (χ4v) is 1.38. The van der Waals surface area contributed by atoms with E-state index in [4.69, 9.17) is 4.74 Å². The van der Waals surface area contributed by atoms with Crippen LogP contribution in [0.4, 0.5) is 8.78 Å². The van der Waals surface area contributed by atoms with Crippen molar-refractivity contribution in [2.75, 3.05) is 0 Å². The fourth-order valence-electron chi connectivity index (χ4n) is 1.38. The molecule has 1 nitrogen and oxygen atoms in total. The third kappa shape index (κ3) is 2.69. The van der Waals surface area contributed by atoms with Gasteiger partial charge < -0.3 is 4.74 Å². The Balaban J connectivity index is 2.27. The van der Waals surface area contributed by atoms with Crippen LogP contribution < -0.4 is 4.74 Å². The number of ether oxygens (including phenoxy) is 1. The second-order valence-corrected chi connectivity index (χ2v) is 3.45. The van der Waals surface area contributed by atoms with E-state index >= 15 is 0 Å². The van der Waals surface area contributed by atoms with Crippen molar-refractivity contribution in [2.45, 2.75) is 0 Å². The maximum atomic E-state index is 13.6. The molecule has 2 aromatic rings. The number of hydrogen-bond acceptors (Lipinski definition) is 1. The molecule has 0 saturated carbocycles. The minimum absolute atomic E-state index is 0.0567. The van der Waals surface area contributed by atoms with E-state index in [1.165, 1.54) is 36.4 Å². The summed E-state index contributed by atoms with van der Waals surface area (Å²) in [6, 6.07) is 10.0. The van der Waals surface area contributed by atoms with E-state index < -0.39 is 11.6 Å². The van der Waals surface area contributed by atoms with Crippen molar-refractivity contribution >= 4 is 6.08 Å². The Bertz CT molecular complexity index is 550. The molecule has 0 bridgehead atoms. The van der Waals surface area contributed by atoms with Gasteiger partial charge in [0.1, 0.15) is 11.6 Å². The Morgan fingerprint density at radius 1 is 1.06 bits per heavy atom. The first kappa shape index (κ1) is 11.3. The standard InChI is InChI=1S/C14H10F2O/c1-2-10-6-7-14(13(16)8-10)17-12-5-3-4-11(15)9-12/h2-9H,1H2. The van der Waals surface area contributed by atoms with Crippen molar-refractivity contribution in [3.63, 3.8) is 0 Å². The molecule has 0 fully saturated rings. The first-order valence-corrected chi connectivity index (χ1v) is 5.04. The van der Waals surface area contributed by atoms with E-state index in [9.17, 15) is 8.78 Å². The first-order valence-electron chi connectivity index (χ1n) is 5.04. The summed E-state index contributed by atoms with van der Waals surface area (Å²) in [4.78, 5) is 0. The largest absolute Gasteiger partial charge is 0.454 e. The summed E-state index contributed by atoms with van der Waals surface area (Å²) in [5.74, 6) is -0.617. The van der Waals surface area contributed by atoms with E-state index in [-0.39, 0.29) is 11.5 Å². The predicted molar refractivity (Wildman–Crippen MR) is 63.0 cm³/mol. The van der Waals surface area contributed by atoms with Crippen molar-refractivity contribution in [1.29, 1.82) is 0 Å². The monoisotopic (exact) mass is 232 g/mol. The lowest BCUT2D eigenvalue weighted by atomic mass is 10.2. The van der Waals surface area contributed by atoms with Crippen LogP contribution in [0.1, 0.15) is 5.56 Å². The van der Waals surface area contributed by atoms with Gasteiger partial charge in [-0.1, -0.05) is 24.8 Å². The minimum Gasteiger partial charge on any atom is -0.454 e. The molecule has 0 radical (unpaired) electrons. The third-order valence-corrected chi connectivity index (χ3v) is 2.22. The summed E-state index contributed by atoms with van der Waals surface area (Å²) < 4.78 is 31.7. The lowest BCUT2D eigenvalue weighted by molar-refractivity contribution is 0.438. The molecule has 0 aromatic heterocycles. The molecule has 86 valence electrons. The van der Waals surface area contributed by atoms with Crippen molar-refractivity contribution in [3.05, 3.63) is 66.2 Å². The van der Waals surface area contributed by atoms with Gasteiger partial charge in [0.2, 0.25) is 0 Å². The van der Waals surface area contributed by atoms with Gasteiger partial charge in [0.05, 0.1) is 0 Å². The lowest BCUT2D eigenvalue weighted by Gasteiger charge is -2.07. The van der Waals surface area contributed by atoms with Crippen LogP contribution in [0.5, 0.6) is 11.5 Å². The molecule has 3 heteroatoms. The lowest BCUT2D eigenvalue weighted by Crippen LogP contribution is -1.89. The molecule has 2 aromatic carbocycles. The zero-order chi connectivity index (χ0) is 12.3. The molecular weight excluding hydrogens is 222 g/mol. The molecule has 0 aliphatic carbocycles. The molecule has 0 N–H and O–H groups in total. The molecule has 0 unspecified atom stereocenters. The smallest absolute Gasteiger partial charge is 0.166 e. The average molecular weight is 232 g/mol. The molecule has 0 amide bonds. The van der Waals surface area contributed by atoms with Gasteiger partial charge in [-0.15, -0.1) is 0 Å². The Hall–Kier alpha value is -2.16. The van der Waals surface area contributed by atoms with Crippen LogP contribution in [0.2, 0.25) is 0 Å². The van der Waals surface area contributed by atoms with Crippen molar-refractivity contribution < 1.29 is 13.5 Å². The summed E-state index contributed by atoms with van der Waals surface area (Å²) in [6.07, 6.45) is 1.54. The molecule has 0 saturated heterocycles. The minimum atomic E-state index is -0.508. The van der Waals surface area contributed by atoms with E-state index in [0.717, 1.165) is 0 Å². The molecule has 2 rings (SSSR count). The van der Waals surface area contributed by atoms with Crippen LogP contribution in [0.3, 0.4) is 0 Å². The molecule has 17 heavy (non-hydrogen) atoms. The van der Waals surface area contributed by atoms with Crippen LogP contribution >= 0.6 is 0 Å². The first-order chi connectivity index (χ1) is 8.19. The molecule has 0 aliphatic heterocycles. The highest BCUT2D eigenvalue weighted by Crippen LogP contribution is 2.25. The summed E-state index contributed by atoms with van der Waals surface area (Å²) in [6.45, 7) is 3.54. The molecule has 0 heterocycles. The Kier molecular flexibility index (Phi) is 3.19. The van der Waals surface area contributed by atoms with Gasteiger partial charge in [0.25, 0.3) is 0 Å². The predicted octanol–water partition coefficient (Wildman–Crippen LogP) is 4.40. The van der Waals surface area contributed by atoms with Crippen LogP contribution in [0, 0.1) is 11.6 Å². The second kappa shape index (κ2) is 4.78. The van der Waals surface area contributed by atoms with Crippen LogP contribution in [0.15, 0.2) is 49.0 Å². The van der Waals surface area contributed by atoms with Gasteiger partial charge in [0, 0.05) is 6.07 Å². The van der Waals surface area contributed by atoms with E-state index in [1.807, 2.05) is 0 Å².